The molecule has 1 aliphatic rings. The summed E-state index contributed by atoms with van der Waals surface area (Å²) in [7, 11) is -4.60. The molecule has 6 atom stereocenters. The van der Waals surface area contributed by atoms with Crippen LogP contribution in [0.2, 0.25) is 0 Å². The number of carbonyl (C=O) groups is 2. The van der Waals surface area contributed by atoms with Gasteiger partial charge in [0.2, 0.25) is 0 Å². The van der Waals surface area contributed by atoms with Crippen LogP contribution < -0.4 is 0 Å². The van der Waals surface area contributed by atoms with Crippen LogP contribution in [0.4, 0.5) is 0 Å². The highest BCUT2D eigenvalue weighted by Gasteiger charge is 2.46. The molecule has 326 valence electrons. The van der Waals surface area contributed by atoms with Crippen molar-refractivity contribution in [3.8, 4) is 0 Å². The molecule has 1 rings (SSSR count). The van der Waals surface area contributed by atoms with Gasteiger partial charge in [0.25, 0.3) is 10.1 Å². The van der Waals surface area contributed by atoms with Crippen LogP contribution in [-0.4, -0.2) is 96.0 Å². The first-order valence-electron chi connectivity index (χ1n) is 21.5. The molecule has 1 fully saturated rings. The molecule has 0 bridgehead atoms. The SMILES string of the molecule is CCCC/C=C/CCCCCCCC(=O)OC[C@H](CO[C@H]1O[C@H](CS(=O)(=O)O)[C@@H](O)C(O)C1O)OC(=O)CCC/C=C/C/C=C/CCCCCCCCCCC. The smallest absolute Gasteiger partial charge is 0.306 e. The predicted molar refractivity (Wildman–Crippen MR) is 219 cm³/mol. The molecule has 4 N–H and O–H groups in total. The summed E-state index contributed by atoms with van der Waals surface area (Å²) in [4.78, 5) is 25.3. The van der Waals surface area contributed by atoms with Crippen molar-refractivity contribution in [1.29, 1.82) is 0 Å². The number of allylic oxidation sites excluding steroid dienone is 6. The van der Waals surface area contributed by atoms with Crippen LogP contribution in [0.3, 0.4) is 0 Å². The molecule has 1 heterocycles. The zero-order valence-electron chi connectivity index (χ0n) is 34.5. The highest BCUT2D eigenvalue weighted by atomic mass is 32.2. The molecule has 1 saturated heterocycles. The van der Waals surface area contributed by atoms with Gasteiger partial charge in [0.15, 0.2) is 12.4 Å². The van der Waals surface area contributed by atoms with Crippen molar-refractivity contribution in [2.75, 3.05) is 19.0 Å². The van der Waals surface area contributed by atoms with Gasteiger partial charge in [-0.25, -0.2) is 0 Å². The zero-order valence-corrected chi connectivity index (χ0v) is 35.3. The van der Waals surface area contributed by atoms with Crippen LogP contribution >= 0.6 is 0 Å². The van der Waals surface area contributed by atoms with Crippen molar-refractivity contribution in [1.82, 2.24) is 0 Å². The highest BCUT2D eigenvalue weighted by Crippen LogP contribution is 2.24. The topological polar surface area (TPSA) is 186 Å². The number of ether oxygens (including phenoxy) is 4. The lowest BCUT2D eigenvalue weighted by molar-refractivity contribution is -0.297. The summed E-state index contributed by atoms with van der Waals surface area (Å²) in [6.45, 7) is 3.66. The van der Waals surface area contributed by atoms with Gasteiger partial charge in [-0.15, -0.1) is 0 Å². The Hall–Kier alpha value is -2.13. The van der Waals surface area contributed by atoms with E-state index < -0.39 is 71.2 Å². The van der Waals surface area contributed by atoms with Crippen LogP contribution in [0.5, 0.6) is 0 Å². The molecule has 2 unspecified atom stereocenters. The van der Waals surface area contributed by atoms with Gasteiger partial charge in [-0.05, 0) is 57.8 Å². The zero-order chi connectivity index (χ0) is 41.3. The molecule has 13 heteroatoms. The van der Waals surface area contributed by atoms with Gasteiger partial charge in [-0.2, -0.15) is 8.42 Å². The maximum atomic E-state index is 12.8. The second-order valence-electron chi connectivity index (χ2n) is 15.0. The first kappa shape index (κ1) is 51.9. The van der Waals surface area contributed by atoms with E-state index in [-0.39, 0.29) is 19.4 Å². The number of hydrogen-bond donors (Lipinski definition) is 4. The van der Waals surface area contributed by atoms with Crippen LogP contribution in [0.15, 0.2) is 36.5 Å². The minimum Gasteiger partial charge on any atom is -0.462 e. The summed E-state index contributed by atoms with van der Waals surface area (Å²) in [5.41, 5.74) is 0. The van der Waals surface area contributed by atoms with Gasteiger partial charge >= 0.3 is 11.9 Å². The first-order chi connectivity index (χ1) is 27.0. The van der Waals surface area contributed by atoms with E-state index in [0.29, 0.717) is 19.3 Å². The summed E-state index contributed by atoms with van der Waals surface area (Å²) < 4.78 is 53.9. The van der Waals surface area contributed by atoms with Crippen LogP contribution in [0.1, 0.15) is 168 Å². The van der Waals surface area contributed by atoms with E-state index in [9.17, 15) is 37.9 Å². The van der Waals surface area contributed by atoms with Gasteiger partial charge in [0, 0.05) is 12.8 Å². The van der Waals surface area contributed by atoms with Gasteiger partial charge in [-0.1, -0.05) is 134 Å². The Morgan fingerprint density at radius 2 is 1.11 bits per heavy atom. The second kappa shape index (κ2) is 33.8. The molecule has 0 saturated carbocycles. The number of aliphatic hydroxyl groups excluding tert-OH is 3. The molecule has 0 aromatic heterocycles. The first-order valence-corrected chi connectivity index (χ1v) is 23.2. The maximum absolute atomic E-state index is 12.8. The molecule has 12 nitrogen and oxygen atoms in total. The molecule has 0 spiro atoms. The summed E-state index contributed by atoms with van der Waals surface area (Å²) in [5.74, 6) is -2.06. The minimum atomic E-state index is -4.60. The Morgan fingerprint density at radius 3 is 1.70 bits per heavy atom. The molecular formula is C43H76O12S. The molecule has 0 aromatic carbocycles. The largest absolute Gasteiger partial charge is 0.462 e. The Labute approximate surface area is 338 Å². The Balaban J connectivity index is 2.51. The summed E-state index contributed by atoms with van der Waals surface area (Å²) >= 11 is 0. The molecule has 0 amide bonds. The summed E-state index contributed by atoms with van der Waals surface area (Å²) in [6.07, 6.45) is 27.8. The van der Waals surface area contributed by atoms with E-state index in [0.717, 1.165) is 51.4 Å². The predicted octanol–water partition coefficient (Wildman–Crippen LogP) is 8.22. The fourth-order valence-corrected chi connectivity index (χ4v) is 6.98. The van der Waals surface area contributed by atoms with Crippen molar-refractivity contribution >= 4 is 22.1 Å². The van der Waals surface area contributed by atoms with E-state index in [1.54, 1.807) is 0 Å². The van der Waals surface area contributed by atoms with Crippen LogP contribution in [0, 0.1) is 0 Å². The number of esters is 2. The third-order valence-electron chi connectivity index (χ3n) is 9.69. The molecular weight excluding hydrogens is 741 g/mol. The van der Waals surface area contributed by atoms with E-state index in [4.69, 9.17) is 18.9 Å². The van der Waals surface area contributed by atoms with Crippen molar-refractivity contribution in [3.05, 3.63) is 36.5 Å². The maximum Gasteiger partial charge on any atom is 0.306 e. The van der Waals surface area contributed by atoms with Gasteiger partial charge in [0.1, 0.15) is 36.8 Å². The van der Waals surface area contributed by atoms with Gasteiger partial charge in [0.05, 0.1) is 6.61 Å². The average molecular weight is 817 g/mol. The van der Waals surface area contributed by atoms with Crippen molar-refractivity contribution in [3.63, 3.8) is 0 Å². The summed E-state index contributed by atoms with van der Waals surface area (Å²) in [6, 6.07) is 0. The molecule has 0 aliphatic carbocycles. The number of unbranched alkanes of at least 4 members (excludes halogenated alkanes) is 17. The number of aliphatic hydroxyl groups is 3. The number of rotatable bonds is 35. The van der Waals surface area contributed by atoms with Gasteiger partial charge in [-0.3, -0.25) is 14.1 Å². The fraction of sp³-hybridized carbons (Fsp3) is 0.814. The quantitative estimate of drug-likeness (QED) is 0.0208. The number of carbonyl (C=O) groups excluding carboxylic acids is 2. The standard InChI is InChI=1S/C43H76O12S/c1-3-5-7-9-11-13-15-16-17-18-19-20-22-24-26-28-30-32-39(45)54-36(33-52-38(44)31-29-27-25-23-21-14-12-10-8-6-4-2)34-53-43-42(48)41(47)40(46)37(55-43)35-56(49,50)51/h10,12,19-20,24,26,36-37,40-43,46-48H,3-9,11,13-18,21-23,25,27-35H2,1-2H3,(H,49,50,51)/b12-10+,20-19+,26-24+/t36-,37-,40-,41?,42?,43+/m1/s1. The Bertz CT molecular complexity index is 1190. The fourth-order valence-electron chi connectivity index (χ4n) is 6.28. The van der Waals surface area contributed by atoms with Crippen molar-refractivity contribution < 1.29 is 56.8 Å². The lowest BCUT2D eigenvalue weighted by atomic mass is 10.00. The second-order valence-corrected chi connectivity index (χ2v) is 16.5. The molecule has 0 radical (unpaired) electrons. The highest BCUT2D eigenvalue weighted by molar-refractivity contribution is 7.85. The van der Waals surface area contributed by atoms with E-state index in [1.807, 2.05) is 6.08 Å². The molecule has 1 aliphatic heterocycles. The van der Waals surface area contributed by atoms with E-state index in [2.05, 4.69) is 44.2 Å². The Kier molecular flexibility index (Phi) is 31.3. The summed E-state index contributed by atoms with van der Waals surface area (Å²) in [5, 5.41) is 30.8. The third kappa shape index (κ3) is 28.3. The molecule has 0 aromatic rings. The number of hydrogen-bond acceptors (Lipinski definition) is 11. The van der Waals surface area contributed by atoms with Gasteiger partial charge < -0.3 is 34.3 Å². The Morgan fingerprint density at radius 1 is 0.607 bits per heavy atom. The lowest BCUT2D eigenvalue weighted by Crippen LogP contribution is -2.60. The van der Waals surface area contributed by atoms with Crippen molar-refractivity contribution in [2.24, 2.45) is 0 Å². The third-order valence-corrected chi connectivity index (χ3v) is 10.4. The van der Waals surface area contributed by atoms with Crippen LogP contribution in [0.25, 0.3) is 0 Å². The van der Waals surface area contributed by atoms with E-state index in [1.165, 1.54) is 70.6 Å². The normalized spacial score (nSPS) is 21.0. The van der Waals surface area contributed by atoms with Crippen LogP contribution in [-0.2, 0) is 38.7 Å². The van der Waals surface area contributed by atoms with Crippen molar-refractivity contribution in [2.45, 2.75) is 205 Å². The minimum absolute atomic E-state index is 0.0989. The monoisotopic (exact) mass is 817 g/mol. The lowest BCUT2D eigenvalue weighted by Gasteiger charge is -2.40. The van der Waals surface area contributed by atoms with E-state index >= 15 is 0 Å². The molecule has 56 heavy (non-hydrogen) atoms. The average Bonchev–Trinajstić information content (AvgIpc) is 3.16.